The summed E-state index contributed by atoms with van der Waals surface area (Å²) in [5, 5.41) is 0. The third-order valence-electron chi connectivity index (χ3n) is 3.42. The molecule has 0 aliphatic heterocycles. The van der Waals surface area contributed by atoms with E-state index in [2.05, 4.69) is 4.72 Å². The Labute approximate surface area is 132 Å². The van der Waals surface area contributed by atoms with E-state index in [0.29, 0.717) is 12.2 Å². The third-order valence-corrected chi connectivity index (χ3v) is 4.75. The Morgan fingerprint density at radius 3 is 2.50 bits per heavy atom. The van der Waals surface area contributed by atoms with Crippen molar-refractivity contribution in [3.05, 3.63) is 65.2 Å². The molecule has 2 aromatic rings. The van der Waals surface area contributed by atoms with E-state index >= 15 is 0 Å². The maximum Gasteiger partial charge on any atom is 0.212 e. The quantitative estimate of drug-likeness (QED) is 0.853. The fraction of sp³-hybridized carbons (Fsp3) is 0.294. The van der Waals surface area contributed by atoms with Crippen molar-refractivity contribution in [2.75, 3.05) is 12.9 Å². The second-order valence-electron chi connectivity index (χ2n) is 5.19. The summed E-state index contributed by atoms with van der Waals surface area (Å²) in [6, 6.07) is 15.3. The third kappa shape index (κ3) is 4.86. The van der Waals surface area contributed by atoms with Crippen molar-refractivity contribution in [3.63, 3.8) is 0 Å². The van der Waals surface area contributed by atoms with Crippen molar-refractivity contribution in [3.8, 4) is 5.75 Å². The molecule has 0 radical (unpaired) electrons. The summed E-state index contributed by atoms with van der Waals surface area (Å²) >= 11 is 0. The van der Waals surface area contributed by atoms with E-state index < -0.39 is 10.0 Å². The van der Waals surface area contributed by atoms with Crippen LogP contribution in [0.3, 0.4) is 0 Å². The zero-order chi connectivity index (χ0) is 16.0. The molecule has 0 aliphatic carbocycles. The average Bonchev–Trinajstić information content (AvgIpc) is 2.52. The SMILES string of the molecule is COc1ccc(C)cc1CNS(=O)(=O)CCc1ccccc1. The van der Waals surface area contributed by atoms with Gasteiger partial charge < -0.3 is 4.74 Å². The van der Waals surface area contributed by atoms with Crippen LogP contribution in [-0.2, 0) is 23.0 Å². The van der Waals surface area contributed by atoms with Crippen molar-refractivity contribution >= 4 is 10.0 Å². The molecular weight excluding hydrogens is 298 g/mol. The van der Waals surface area contributed by atoms with E-state index in [9.17, 15) is 8.42 Å². The number of nitrogens with one attached hydrogen (secondary N) is 1. The lowest BCUT2D eigenvalue weighted by Crippen LogP contribution is -2.27. The first-order chi connectivity index (χ1) is 10.5. The van der Waals surface area contributed by atoms with E-state index in [-0.39, 0.29) is 12.3 Å². The van der Waals surface area contributed by atoms with Gasteiger partial charge in [-0.2, -0.15) is 0 Å². The molecule has 5 heteroatoms. The minimum atomic E-state index is -3.32. The maximum atomic E-state index is 12.1. The van der Waals surface area contributed by atoms with Gasteiger partial charge >= 0.3 is 0 Å². The van der Waals surface area contributed by atoms with Crippen LogP contribution in [0.1, 0.15) is 16.7 Å². The van der Waals surface area contributed by atoms with Gasteiger partial charge in [0.1, 0.15) is 5.75 Å². The Morgan fingerprint density at radius 2 is 1.82 bits per heavy atom. The van der Waals surface area contributed by atoms with Crippen LogP contribution in [0.25, 0.3) is 0 Å². The molecule has 0 unspecified atom stereocenters. The van der Waals surface area contributed by atoms with Gasteiger partial charge in [0.25, 0.3) is 0 Å². The number of ether oxygens (including phenoxy) is 1. The molecule has 2 aromatic carbocycles. The molecule has 0 atom stereocenters. The van der Waals surface area contributed by atoms with Crippen LogP contribution in [-0.4, -0.2) is 21.3 Å². The molecule has 0 fully saturated rings. The molecular formula is C17H21NO3S. The Balaban J connectivity index is 1.96. The summed E-state index contributed by atoms with van der Waals surface area (Å²) in [7, 11) is -1.74. The van der Waals surface area contributed by atoms with E-state index in [1.165, 1.54) is 0 Å². The standard InChI is InChI=1S/C17H21NO3S/c1-14-8-9-17(21-2)16(12-14)13-18-22(19,20)11-10-15-6-4-3-5-7-15/h3-9,12,18H,10-11,13H2,1-2H3. The smallest absolute Gasteiger partial charge is 0.212 e. The molecule has 0 spiro atoms. The van der Waals surface area contributed by atoms with Crippen LogP contribution >= 0.6 is 0 Å². The van der Waals surface area contributed by atoms with E-state index in [0.717, 1.165) is 16.7 Å². The highest BCUT2D eigenvalue weighted by Crippen LogP contribution is 2.19. The molecule has 0 saturated heterocycles. The Morgan fingerprint density at radius 1 is 1.09 bits per heavy atom. The van der Waals surface area contributed by atoms with E-state index in [1.807, 2.05) is 55.5 Å². The first kappa shape index (κ1) is 16.5. The molecule has 1 N–H and O–H groups in total. The monoisotopic (exact) mass is 319 g/mol. The summed E-state index contributed by atoms with van der Waals surface area (Å²) in [6.07, 6.45) is 0.501. The fourth-order valence-corrected chi connectivity index (χ4v) is 3.23. The van der Waals surface area contributed by atoms with Crippen molar-refractivity contribution in [2.24, 2.45) is 0 Å². The molecule has 118 valence electrons. The van der Waals surface area contributed by atoms with Gasteiger partial charge in [0, 0.05) is 12.1 Å². The average molecular weight is 319 g/mol. The van der Waals surface area contributed by atoms with Crippen LogP contribution in [0.15, 0.2) is 48.5 Å². The fourth-order valence-electron chi connectivity index (χ4n) is 2.20. The minimum Gasteiger partial charge on any atom is -0.496 e. The van der Waals surface area contributed by atoms with E-state index in [1.54, 1.807) is 7.11 Å². The van der Waals surface area contributed by atoms with Crippen molar-refractivity contribution in [1.82, 2.24) is 4.72 Å². The van der Waals surface area contributed by atoms with Crippen LogP contribution < -0.4 is 9.46 Å². The largest absolute Gasteiger partial charge is 0.496 e. The minimum absolute atomic E-state index is 0.0745. The van der Waals surface area contributed by atoms with Crippen LogP contribution in [0, 0.1) is 6.92 Å². The predicted octanol–water partition coefficient (Wildman–Crippen LogP) is 2.67. The van der Waals surface area contributed by atoms with Crippen molar-refractivity contribution in [1.29, 1.82) is 0 Å². The zero-order valence-electron chi connectivity index (χ0n) is 12.9. The lowest BCUT2D eigenvalue weighted by molar-refractivity contribution is 0.409. The van der Waals surface area contributed by atoms with Gasteiger partial charge in [-0.3, -0.25) is 0 Å². The van der Waals surface area contributed by atoms with Gasteiger partial charge in [0.05, 0.1) is 12.9 Å². The van der Waals surface area contributed by atoms with Gasteiger partial charge in [-0.05, 0) is 25.0 Å². The Kier molecular flexibility index (Phi) is 5.57. The lowest BCUT2D eigenvalue weighted by atomic mass is 10.1. The van der Waals surface area contributed by atoms with Crippen molar-refractivity contribution < 1.29 is 13.2 Å². The number of methoxy groups -OCH3 is 1. The molecule has 0 saturated carbocycles. The first-order valence-corrected chi connectivity index (χ1v) is 8.80. The van der Waals surface area contributed by atoms with Crippen molar-refractivity contribution in [2.45, 2.75) is 19.9 Å². The highest BCUT2D eigenvalue weighted by atomic mass is 32.2. The second kappa shape index (κ2) is 7.42. The molecule has 4 nitrogen and oxygen atoms in total. The van der Waals surface area contributed by atoms with Crippen LogP contribution in [0.5, 0.6) is 5.75 Å². The predicted molar refractivity (Wildman–Crippen MR) is 88.5 cm³/mol. The topological polar surface area (TPSA) is 55.4 Å². The number of sulfonamides is 1. The molecule has 0 bridgehead atoms. The zero-order valence-corrected chi connectivity index (χ0v) is 13.7. The van der Waals surface area contributed by atoms with Gasteiger partial charge in [-0.25, -0.2) is 13.1 Å². The highest BCUT2D eigenvalue weighted by molar-refractivity contribution is 7.89. The van der Waals surface area contributed by atoms with E-state index in [4.69, 9.17) is 4.74 Å². The van der Waals surface area contributed by atoms with Gasteiger partial charge in [0.15, 0.2) is 0 Å². The molecule has 22 heavy (non-hydrogen) atoms. The van der Waals surface area contributed by atoms with Crippen LogP contribution in [0.4, 0.5) is 0 Å². The summed E-state index contributed by atoms with van der Waals surface area (Å²) in [5.41, 5.74) is 2.92. The number of aryl methyl sites for hydroxylation is 2. The number of hydrogen-bond donors (Lipinski definition) is 1. The first-order valence-electron chi connectivity index (χ1n) is 7.15. The van der Waals surface area contributed by atoms with Gasteiger partial charge in [-0.1, -0.05) is 48.0 Å². The molecule has 0 heterocycles. The Bertz CT molecular complexity index is 712. The summed E-state index contributed by atoms with van der Waals surface area (Å²) in [6.45, 7) is 2.20. The molecule has 2 rings (SSSR count). The number of benzene rings is 2. The van der Waals surface area contributed by atoms with Crippen LogP contribution in [0.2, 0.25) is 0 Å². The molecule has 0 aliphatic rings. The van der Waals surface area contributed by atoms with Gasteiger partial charge in [-0.15, -0.1) is 0 Å². The summed E-state index contributed by atoms with van der Waals surface area (Å²) in [4.78, 5) is 0. The van der Waals surface area contributed by atoms with Gasteiger partial charge in [0.2, 0.25) is 10.0 Å². The Hall–Kier alpha value is -1.85. The molecule has 0 amide bonds. The lowest BCUT2D eigenvalue weighted by Gasteiger charge is -2.11. The maximum absolute atomic E-state index is 12.1. The normalized spacial score (nSPS) is 11.4. The second-order valence-corrected chi connectivity index (χ2v) is 7.12. The summed E-state index contributed by atoms with van der Waals surface area (Å²) in [5.74, 6) is 0.766. The molecule has 0 aromatic heterocycles. The number of hydrogen-bond acceptors (Lipinski definition) is 3. The highest BCUT2D eigenvalue weighted by Gasteiger charge is 2.12. The number of rotatable bonds is 7. The summed E-state index contributed by atoms with van der Waals surface area (Å²) < 4.78 is 32.1.